The Morgan fingerprint density at radius 3 is 2.38 bits per heavy atom. The number of aliphatic carboxylic acids is 1. The highest BCUT2D eigenvalue weighted by Gasteiger charge is 2.18. The highest BCUT2D eigenvalue weighted by molar-refractivity contribution is 6.03. The first-order valence-corrected chi connectivity index (χ1v) is 5.71. The molecule has 0 aliphatic rings. The molecule has 0 radical (unpaired) electrons. The summed E-state index contributed by atoms with van der Waals surface area (Å²) in [6.45, 7) is -0.482. The summed E-state index contributed by atoms with van der Waals surface area (Å²) < 4.78 is 40.7. The number of benzene rings is 1. The van der Waals surface area contributed by atoms with Gasteiger partial charge in [-0.05, 0) is 12.1 Å². The van der Waals surface area contributed by atoms with E-state index < -0.39 is 41.6 Å². The molecule has 0 aliphatic heterocycles. The molecule has 21 heavy (non-hydrogen) atoms. The van der Waals surface area contributed by atoms with Crippen LogP contribution in [0, 0.1) is 17.5 Å². The van der Waals surface area contributed by atoms with Gasteiger partial charge in [0.05, 0.1) is 0 Å². The number of nitrogens with one attached hydrogen (secondary N) is 1. The summed E-state index contributed by atoms with van der Waals surface area (Å²) in [6.07, 6.45) is 1.33. The zero-order valence-electron chi connectivity index (χ0n) is 10.4. The van der Waals surface area contributed by atoms with Crippen molar-refractivity contribution in [1.29, 1.82) is 0 Å². The smallest absolute Gasteiger partial charge is 0.323 e. The van der Waals surface area contributed by atoms with Crippen molar-refractivity contribution in [3.63, 3.8) is 0 Å². The van der Waals surface area contributed by atoms with Crippen molar-refractivity contribution in [2.75, 3.05) is 5.32 Å². The molecule has 0 saturated carbocycles. The van der Waals surface area contributed by atoms with Crippen LogP contribution in [-0.2, 0) is 11.3 Å². The molecule has 0 fully saturated rings. The number of carbonyl (C=O) groups excluding carboxylic acids is 1. The van der Waals surface area contributed by atoms with Crippen molar-refractivity contribution in [3.05, 3.63) is 53.6 Å². The van der Waals surface area contributed by atoms with E-state index in [1.807, 2.05) is 5.32 Å². The number of rotatable bonds is 4. The maximum absolute atomic E-state index is 13.4. The number of hydrogen-bond acceptors (Lipinski definition) is 2. The van der Waals surface area contributed by atoms with E-state index in [1.54, 1.807) is 0 Å². The average molecular weight is 298 g/mol. The number of nitrogens with zero attached hydrogens (tertiary/aromatic N) is 1. The van der Waals surface area contributed by atoms with Crippen molar-refractivity contribution >= 4 is 17.6 Å². The molecule has 2 N–H and O–H groups in total. The Morgan fingerprint density at radius 1 is 1.19 bits per heavy atom. The lowest BCUT2D eigenvalue weighted by Crippen LogP contribution is -2.20. The quantitative estimate of drug-likeness (QED) is 0.909. The molecule has 0 aliphatic carbocycles. The lowest BCUT2D eigenvalue weighted by molar-refractivity contribution is -0.137. The van der Waals surface area contributed by atoms with E-state index in [0.29, 0.717) is 12.1 Å². The van der Waals surface area contributed by atoms with E-state index in [2.05, 4.69) is 0 Å². The molecule has 110 valence electrons. The summed E-state index contributed by atoms with van der Waals surface area (Å²) in [7, 11) is 0. The first kappa shape index (κ1) is 14.6. The Balaban J connectivity index is 2.27. The third-order valence-corrected chi connectivity index (χ3v) is 2.61. The number of carboxylic acids is 1. The standard InChI is InChI=1S/C13H9F3N2O3/c14-7-4-8(15)12(9(16)5-7)17-13(21)10-2-1-3-18(10)6-11(19)20/h1-5H,6H2,(H,17,21)(H,19,20). The van der Waals surface area contributed by atoms with Crippen LogP contribution in [0.5, 0.6) is 0 Å². The fourth-order valence-corrected chi connectivity index (χ4v) is 1.74. The molecule has 0 spiro atoms. The van der Waals surface area contributed by atoms with Crippen LogP contribution >= 0.6 is 0 Å². The second-order valence-corrected chi connectivity index (χ2v) is 4.11. The summed E-state index contributed by atoms with van der Waals surface area (Å²) in [5.74, 6) is -5.74. The first-order chi connectivity index (χ1) is 9.88. The fraction of sp³-hybridized carbons (Fsp3) is 0.0769. The van der Waals surface area contributed by atoms with Crippen LogP contribution in [0.25, 0.3) is 0 Å². The molecule has 8 heteroatoms. The lowest BCUT2D eigenvalue weighted by Gasteiger charge is -2.09. The van der Waals surface area contributed by atoms with Crippen LogP contribution in [0.3, 0.4) is 0 Å². The Labute approximate surface area is 116 Å². The minimum absolute atomic E-state index is 0.0967. The van der Waals surface area contributed by atoms with E-state index in [0.717, 1.165) is 4.57 Å². The van der Waals surface area contributed by atoms with Crippen LogP contribution in [0.15, 0.2) is 30.5 Å². The van der Waals surface area contributed by atoms with Crippen LogP contribution < -0.4 is 5.32 Å². The monoisotopic (exact) mass is 298 g/mol. The Hall–Kier alpha value is -2.77. The molecule has 1 aromatic carbocycles. The van der Waals surface area contributed by atoms with Crippen molar-refractivity contribution < 1.29 is 27.9 Å². The first-order valence-electron chi connectivity index (χ1n) is 5.71. The van der Waals surface area contributed by atoms with Gasteiger partial charge >= 0.3 is 5.97 Å². The van der Waals surface area contributed by atoms with Gasteiger partial charge in [0.25, 0.3) is 5.91 Å². The molecule has 5 nitrogen and oxygen atoms in total. The molecular formula is C13H9F3N2O3. The van der Waals surface area contributed by atoms with Crippen molar-refractivity contribution in [1.82, 2.24) is 4.57 Å². The molecule has 1 amide bonds. The summed E-state index contributed by atoms with van der Waals surface area (Å²) in [6, 6.07) is 3.55. The second kappa shape index (κ2) is 5.70. The van der Waals surface area contributed by atoms with Crippen LogP contribution in [0.2, 0.25) is 0 Å². The van der Waals surface area contributed by atoms with Gasteiger partial charge in [0, 0.05) is 18.3 Å². The maximum atomic E-state index is 13.4. The van der Waals surface area contributed by atoms with E-state index in [9.17, 15) is 22.8 Å². The summed E-state index contributed by atoms with van der Waals surface area (Å²) in [4.78, 5) is 22.5. The highest BCUT2D eigenvalue weighted by atomic mass is 19.1. The molecule has 0 atom stereocenters. The minimum Gasteiger partial charge on any atom is -0.480 e. The Kier molecular flexibility index (Phi) is 3.97. The fourth-order valence-electron chi connectivity index (χ4n) is 1.74. The van der Waals surface area contributed by atoms with Gasteiger partial charge in [-0.25, -0.2) is 13.2 Å². The van der Waals surface area contributed by atoms with E-state index in [4.69, 9.17) is 5.11 Å². The summed E-state index contributed by atoms with van der Waals surface area (Å²) in [5.41, 5.74) is -0.898. The van der Waals surface area contributed by atoms with Gasteiger partial charge in [0.2, 0.25) is 0 Å². The molecule has 1 aromatic heterocycles. The van der Waals surface area contributed by atoms with Gasteiger partial charge < -0.3 is 15.0 Å². The lowest BCUT2D eigenvalue weighted by atomic mass is 10.2. The average Bonchev–Trinajstić information content (AvgIpc) is 2.80. The molecule has 2 aromatic rings. The second-order valence-electron chi connectivity index (χ2n) is 4.11. The number of amides is 1. The topological polar surface area (TPSA) is 71.3 Å². The summed E-state index contributed by atoms with van der Waals surface area (Å²) in [5, 5.41) is 10.6. The minimum atomic E-state index is -1.27. The van der Waals surface area contributed by atoms with Gasteiger partial charge in [-0.1, -0.05) is 0 Å². The normalized spacial score (nSPS) is 10.4. The van der Waals surface area contributed by atoms with Crippen molar-refractivity contribution in [2.24, 2.45) is 0 Å². The molecule has 0 saturated heterocycles. The van der Waals surface area contributed by atoms with Gasteiger partial charge in [-0.2, -0.15) is 0 Å². The zero-order chi connectivity index (χ0) is 15.6. The number of anilines is 1. The number of halogens is 3. The Bertz CT molecular complexity index is 689. The van der Waals surface area contributed by atoms with Gasteiger partial charge in [-0.15, -0.1) is 0 Å². The molecule has 2 rings (SSSR count). The number of aromatic nitrogens is 1. The molecular weight excluding hydrogens is 289 g/mol. The van der Waals surface area contributed by atoms with Crippen LogP contribution in [0.4, 0.5) is 18.9 Å². The van der Waals surface area contributed by atoms with Gasteiger partial charge in [0.15, 0.2) is 11.6 Å². The zero-order valence-corrected chi connectivity index (χ0v) is 10.4. The molecule has 1 heterocycles. The molecule has 0 unspecified atom stereocenters. The predicted molar refractivity (Wildman–Crippen MR) is 66.3 cm³/mol. The van der Waals surface area contributed by atoms with Crippen molar-refractivity contribution in [3.8, 4) is 0 Å². The number of carboxylic acid groups (broad SMARTS) is 1. The molecule has 0 bridgehead atoms. The SMILES string of the molecule is O=C(O)Cn1cccc1C(=O)Nc1c(F)cc(F)cc1F. The van der Waals surface area contributed by atoms with Gasteiger partial charge in [0.1, 0.15) is 23.7 Å². The van der Waals surface area contributed by atoms with E-state index in [1.165, 1.54) is 18.3 Å². The predicted octanol–water partition coefficient (Wildman–Crippen LogP) is 2.24. The number of carbonyl (C=O) groups is 2. The van der Waals surface area contributed by atoms with Crippen molar-refractivity contribution in [2.45, 2.75) is 6.54 Å². The summed E-state index contributed by atoms with van der Waals surface area (Å²) >= 11 is 0. The maximum Gasteiger partial charge on any atom is 0.323 e. The van der Waals surface area contributed by atoms with E-state index in [-0.39, 0.29) is 5.69 Å². The third kappa shape index (κ3) is 3.22. The van der Waals surface area contributed by atoms with Gasteiger partial charge in [-0.3, -0.25) is 9.59 Å². The van der Waals surface area contributed by atoms with Crippen LogP contribution in [-0.4, -0.2) is 21.6 Å². The number of hydrogen-bond donors (Lipinski definition) is 2. The van der Waals surface area contributed by atoms with Crippen LogP contribution in [0.1, 0.15) is 10.5 Å². The largest absolute Gasteiger partial charge is 0.480 e. The third-order valence-electron chi connectivity index (χ3n) is 2.61. The highest BCUT2D eigenvalue weighted by Crippen LogP contribution is 2.21. The Morgan fingerprint density at radius 2 is 1.81 bits per heavy atom. The van der Waals surface area contributed by atoms with E-state index >= 15 is 0 Å².